The van der Waals surface area contributed by atoms with Crippen LogP contribution in [0.25, 0.3) is 22.4 Å². The van der Waals surface area contributed by atoms with Gasteiger partial charge in [0.15, 0.2) is 0 Å². The molecule has 0 saturated carbocycles. The zero-order valence-corrected chi connectivity index (χ0v) is 16.4. The van der Waals surface area contributed by atoms with E-state index in [1.807, 2.05) is 6.92 Å². The van der Waals surface area contributed by atoms with Crippen molar-refractivity contribution < 1.29 is 13.7 Å². The molecule has 0 radical (unpaired) electrons. The maximum atomic E-state index is 13.4. The summed E-state index contributed by atoms with van der Waals surface area (Å²) >= 11 is 0. The van der Waals surface area contributed by atoms with E-state index in [1.165, 1.54) is 18.6 Å². The Balaban J connectivity index is 1.75. The summed E-state index contributed by atoms with van der Waals surface area (Å²) in [5, 5.41) is 7.74. The SMILES string of the molecule is CCNC(=O)CCc1nc(N2CCCCC2)c2c(-c3ccc(F)cc3)noc2n1. The van der Waals surface area contributed by atoms with E-state index in [1.54, 1.807) is 12.1 Å². The molecule has 29 heavy (non-hydrogen) atoms. The predicted octanol–water partition coefficient (Wildman–Crippen LogP) is 3.48. The number of hydrogen-bond acceptors (Lipinski definition) is 6. The summed E-state index contributed by atoms with van der Waals surface area (Å²) in [6.07, 6.45) is 4.13. The lowest BCUT2D eigenvalue weighted by atomic mass is 10.1. The number of hydrogen-bond donors (Lipinski definition) is 1. The summed E-state index contributed by atoms with van der Waals surface area (Å²) in [6.45, 7) is 4.28. The molecule has 3 aromatic rings. The number of halogens is 1. The van der Waals surface area contributed by atoms with E-state index < -0.39 is 0 Å². The molecule has 0 unspecified atom stereocenters. The molecular weight excluding hydrogens is 373 g/mol. The standard InChI is InChI=1S/C21H24FN5O2/c1-2-23-17(28)11-10-16-24-20(27-12-4-3-5-13-27)18-19(26-29-21(18)25-16)14-6-8-15(22)9-7-14/h6-9H,2-5,10-13H2,1H3,(H,23,28). The lowest BCUT2D eigenvalue weighted by molar-refractivity contribution is -0.120. The van der Waals surface area contributed by atoms with E-state index in [9.17, 15) is 9.18 Å². The van der Waals surface area contributed by atoms with Gasteiger partial charge in [0.05, 0.1) is 0 Å². The van der Waals surface area contributed by atoms with Crippen LogP contribution in [0.5, 0.6) is 0 Å². The van der Waals surface area contributed by atoms with E-state index in [-0.39, 0.29) is 11.7 Å². The lowest BCUT2D eigenvalue weighted by Gasteiger charge is -2.28. The molecule has 1 aromatic carbocycles. The summed E-state index contributed by atoms with van der Waals surface area (Å²) < 4.78 is 18.9. The fourth-order valence-corrected chi connectivity index (χ4v) is 3.64. The first kappa shape index (κ1) is 19.3. The van der Waals surface area contributed by atoms with Crippen LogP contribution in [0, 0.1) is 5.82 Å². The van der Waals surface area contributed by atoms with Gasteiger partial charge in [-0.15, -0.1) is 0 Å². The molecule has 1 saturated heterocycles. The highest BCUT2D eigenvalue weighted by Crippen LogP contribution is 2.35. The van der Waals surface area contributed by atoms with Crippen LogP contribution in [0.2, 0.25) is 0 Å². The number of nitrogens with zero attached hydrogens (tertiary/aromatic N) is 4. The van der Waals surface area contributed by atoms with Crippen molar-refractivity contribution in [3.8, 4) is 11.3 Å². The van der Waals surface area contributed by atoms with Crippen LogP contribution < -0.4 is 10.2 Å². The van der Waals surface area contributed by atoms with Crippen molar-refractivity contribution >= 4 is 22.8 Å². The van der Waals surface area contributed by atoms with Crippen LogP contribution in [0.1, 0.15) is 38.4 Å². The number of aryl methyl sites for hydroxylation is 1. The van der Waals surface area contributed by atoms with Gasteiger partial charge in [0, 0.05) is 38.0 Å². The van der Waals surface area contributed by atoms with Gasteiger partial charge in [-0.1, -0.05) is 5.16 Å². The number of rotatable bonds is 6. The molecule has 152 valence electrons. The molecule has 3 heterocycles. The molecule has 0 atom stereocenters. The van der Waals surface area contributed by atoms with Crippen molar-refractivity contribution in [1.82, 2.24) is 20.4 Å². The van der Waals surface area contributed by atoms with Crippen LogP contribution in [-0.4, -0.2) is 40.7 Å². The van der Waals surface area contributed by atoms with Gasteiger partial charge in [0.25, 0.3) is 5.71 Å². The number of aromatic nitrogens is 3. The van der Waals surface area contributed by atoms with Gasteiger partial charge in [0.2, 0.25) is 5.91 Å². The van der Waals surface area contributed by atoms with Crippen molar-refractivity contribution in [3.63, 3.8) is 0 Å². The van der Waals surface area contributed by atoms with Gasteiger partial charge in [-0.2, -0.15) is 4.98 Å². The first-order valence-corrected chi connectivity index (χ1v) is 10.1. The molecular formula is C21H24FN5O2. The second-order valence-electron chi connectivity index (χ2n) is 7.18. The minimum absolute atomic E-state index is 0.0275. The highest BCUT2D eigenvalue weighted by atomic mass is 19.1. The highest BCUT2D eigenvalue weighted by Gasteiger charge is 2.24. The van der Waals surface area contributed by atoms with Gasteiger partial charge in [-0.3, -0.25) is 4.79 Å². The van der Waals surface area contributed by atoms with Gasteiger partial charge in [-0.25, -0.2) is 9.37 Å². The Morgan fingerprint density at radius 2 is 1.93 bits per heavy atom. The Morgan fingerprint density at radius 3 is 2.66 bits per heavy atom. The van der Waals surface area contributed by atoms with Crippen LogP contribution >= 0.6 is 0 Å². The third kappa shape index (κ3) is 4.21. The Labute approximate surface area is 168 Å². The minimum atomic E-state index is -0.304. The van der Waals surface area contributed by atoms with E-state index >= 15 is 0 Å². The zero-order valence-electron chi connectivity index (χ0n) is 16.4. The second kappa shape index (κ2) is 8.55. The second-order valence-corrected chi connectivity index (χ2v) is 7.18. The average Bonchev–Trinajstić information content (AvgIpc) is 3.17. The number of benzene rings is 1. The van der Waals surface area contributed by atoms with E-state index in [0.717, 1.165) is 42.7 Å². The number of carbonyl (C=O) groups is 1. The molecule has 4 rings (SSSR count). The van der Waals surface area contributed by atoms with Gasteiger partial charge in [0.1, 0.15) is 28.5 Å². The van der Waals surface area contributed by atoms with Gasteiger partial charge >= 0.3 is 0 Å². The summed E-state index contributed by atoms with van der Waals surface area (Å²) in [7, 11) is 0. The van der Waals surface area contributed by atoms with Gasteiger partial charge < -0.3 is 14.7 Å². The normalized spacial score (nSPS) is 14.3. The molecule has 0 spiro atoms. The highest BCUT2D eigenvalue weighted by molar-refractivity contribution is 5.98. The third-order valence-corrected chi connectivity index (χ3v) is 5.09. The molecule has 2 aromatic heterocycles. The van der Waals surface area contributed by atoms with Crippen molar-refractivity contribution in [2.45, 2.75) is 39.0 Å². The molecule has 1 aliphatic heterocycles. The topological polar surface area (TPSA) is 84.2 Å². The Morgan fingerprint density at radius 1 is 1.17 bits per heavy atom. The third-order valence-electron chi connectivity index (χ3n) is 5.09. The van der Waals surface area contributed by atoms with Crippen molar-refractivity contribution in [3.05, 3.63) is 35.9 Å². The summed E-state index contributed by atoms with van der Waals surface area (Å²) in [5.41, 5.74) is 1.75. The van der Waals surface area contributed by atoms with E-state index in [2.05, 4.69) is 20.4 Å². The summed E-state index contributed by atoms with van der Waals surface area (Å²) in [4.78, 5) is 23.4. The number of nitrogens with one attached hydrogen (secondary N) is 1. The molecule has 1 amide bonds. The van der Waals surface area contributed by atoms with Crippen LogP contribution in [0.4, 0.5) is 10.2 Å². The molecule has 8 heteroatoms. The van der Waals surface area contributed by atoms with Crippen molar-refractivity contribution in [2.24, 2.45) is 0 Å². The number of carbonyl (C=O) groups excluding carboxylic acids is 1. The number of fused-ring (bicyclic) bond motifs is 1. The smallest absolute Gasteiger partial charge is 0.263 e. The minimum Gasteiger partial charge on any atom is -0.356 e. The number of anilines is 1. The molecule has 1 aliphatic rings. The van der Waals surface area contributed by atoms with Crippen LogP contribution in [-0.2, 0) is 11.2 Å². The Hall–Kier alpha value is -3.03. The fraction of sp³-hybridized carbons (Fsp3) is 0.429. The quantitative estimate of drug-likeness (QED) is 0.686. The van der Waals surface area contributed by atoms with Crippen molar-refractivity contribution in [1.29, 1.82) is 0 Å². The summed E-state index contributed by atoms with van der Waals surface area (Å²) in [5.74, 6) is 1.01. The Bertz CT molecular complexity index is 996. The first-order valence-electron chi connectivity index (χ1n) is 10.1. The molecule has 1 fully saturated rings. The lowest BCUT2D eigenvalue weighted by Crippen LogP contribution is -2.30. The average molecular weight is 397 g/mol. The molecule has 7 nitrogen and oxygen atoms in total. The number of amides is 1. The van der Waals surface area contributed by atoms with Crippen molar-refractivity contribution in [2.75, 3.05) is 24.5 Å². The zero-order chi connectivity index (χ0) is 20.2. The van der Waals surface area contributed by atoms with Crippen LogP contribution in [0.15, 0.2) is 28.8 Å². The van der Waals surface area contributed by atoms with E-state index in [4.69, 9.17) is 9.51 Å². The monoisotopic (exact) mass is 397 g/mol. The Kier molecular flexibility index (Phi) is 5.69. The van der Waals surface area contributed by atoms with E-state index in [0.29, 0.717) is 36.6 Å². The molecule has 0 bridgehead atoms. The fourth-order valence-electron chi connectivity index (χ4n) is 3.64. The van der Waals surface area contributed by atoms with Gasteiger partial charge in [-0.05, 0) is 50.5 Å². The molecule has 1 N–H and O–H groups in total. The maximum absolute atomic E-state index is 13.4. The number of piperidine rings is 1. The maximum Gasteiger partial charge on any atom is 0.263 e. The summed E-state index contributed by atoms with van der Waals surface area (Å²) in [6, 6.07) is 6.15. The predicted molar refractivity (Wildman–Crippen MR) is 108 cm³/mol. The molecule has 0 aliphatic carbocycles. The first-order chi connectivity index (χ1) is 14.2. The largest absolute Gasteiger partial charge is 0.356 e. The van der Waals surface area contributed by atoms with Crippen LogP contribution in [0.3, 0.4) is 0 Å².